The van der Waals surface area contributed by atoms with Crippen LogP contribution in [0.2, 0.25) is 0 Å². The molecule has 136 valence electrons. The van der Waals surface area contributed by atoms with Gasteiger partial charge in [0.15, 0.2) is 0 Å². The summed E-state index contributed by atoms with van der Waals surface area (Å²) in [5.74, 6) is -0.0976. The van der Waals surface area contributed by atoms with Gasteiger partial charge in [-0.1, -0.05) is 32.9 Å². The van der Waals surface area contributed by atoms with Gasteiger partial charge >= 0.3 is 0 Å². The predicted octanol–water partition coefficient (Wildman–Crippen LogP) is 3.87. The monoisotopic (exact) mass is 351 g/mol. The van der Waals surface area contributed by atoms with E-state index in [1.165, 1.54) is 0 Å². The molecule has 1 fully saturated rings. The van der Waals surface area contributed by atoms with Gasteiger partial charge in [-0.2, -0.15) is 0 Å². The van der Waals surface area contributed by atoms with Gasteiger partial charge in [0.05, 0.1) is 12.2 Å². The maximum absolute atomic E-state index is 13.1. The Bertz CT molecular complexity index is 792. The van der Waals surface area contributed by atoms with Crippen molar-refractivity contribution in [1.82, 2.24) is 9.88 Å². The number of pyridine rings is 1. The van der Waals surface area contributed by atoms with Crippen LogP contribution in [-0.4, -0.2) is 27.7 Å². The summed E-state index contributed by atoms with van der Waals surface area (Å²) in [7, 11) is 0. The minimum Gasteiger partial charge on any atom is -0.330 e. The fraction of sp³-hybridized carbons (Fsp3) is 0.381. The van der Waals surface area contributed by atoms with E-state index in [4.69, 9.17) is 0 Å². The predicted molar refractivity (Wildman–Crippen MR) is 102 cm³/mol. The molecule has 1 aromatic heterocycles. The second-order valence-corrected chi connectivity index (χ2v) is 7.77. The molecule has 1 aliphatic rings. The first-order valence-corrected chi connectivity index (χ1v) is 8.97. The van der Waals surface area contributed by atoms with Gasteiger partial charge < -0.3 is 10.2 Å². The Balaban J connectivity index is 1.77. The van der Waals surface area contributed by atoms with Crippen LogP contribution in [0.1, 0.15) is 49.7 Å². The maximum atomic E-state index is 13.1. The van der Waals surface area contributed by atoms with Crippen molar-refractivity contribution < 1.29 is 9.59 Å². The molecular formula is C21H25N3O2. The van der Waals surface area contributed by atoms with E-state index in [0.29, 0.717) is 17.8 Å². The number of nitrogens with zero attached hydrogens (tertiary/aromatic N) is 2. The molecule has 0 aliphatic heterocycles. The Morgan fingerprint density at radius 3 is 2.54 bits per heavy atom. The van der Waals surface area contributed by atoms with Crippen molar-refractivity contribution in [2.45, 2.75) is 46.2 Å². The van der Waals surface area contributed by atoms with Crippen molar-refractivity contribution in [3.05, 3.63) is 59.9 Å². The zero-order valence-corrected chi connectivity index (χ0v) is 15.5. The number of hydrogen-bond acceptors (Lipinski definition) is 3. The minimum atomic E-state index is -0.487. The molecular weight excluding hydrogens is 326 g/mol. The number of carbonyl (C=O) groups is 2. The summed E-state index contributed by atoms with van der Waals surface area (Å²) in [5, 5.41) is 2.89. The van der Waals surface area contributed by atoms with Crippen LogP contribution in [0.25, 0.3) is 0 Å². The largest absolute Gasteiger partial charge is 0.330 e. The third-order valence-corrected chi connectivity index (χ3v) is 4.36. The van der Waals surface area contributed by atoms with Gasteiger partial charge in [-0.25, -0.2) is 0 Å². The Kier molecular flexibility index (Phi) is 5.07. The minimum absolute atomic E-state index is 0.0231. The van der Waals surface area contributed by atoms with Crippen LogP contribution >= 0.6 is 0 Å². The smallest absolute Gasteiger partial charge is 0.254 e. The van der Waals surface area contributed by atoms with E-state index in [2.05, 4.69) is 10.3 Å². The maximum Gasteiger partial charge on any atom is 0.254 e. The Morgan fingerprint density at radius 1 is 1.15 bits per heavy atom. The second kappa shape index (κ2) is 7.28. The van der Waals surface area contributed by atoms with E-state index in [1.54, 1.807) is 30.5 Å². The standard InChI is InChI=1S/C21H25N3O2/c1-21(2,3)20(26)23-16-9-6-7-15(13-16)19(25)24(18-10-11-18)14-17-8-4-5-12-22-17/h4-9,12-13,18H,10-11,14H2,1-3H3,(H,23,26). The van der Waals surface area contributed by atoms with Crippen molar-refractivity contribution in [2.24, 2.45) is 5.41 Å². The van der Waals surface area contributed by atoms with E-state index < -0.39 is 5.41 Å². The number of rotatable bonds is 5. The molecule has 1 heterocycles. The van der Waals surface area contributed by atoms with Crippen LogP contribution in [0.5, 0.6) is 0 Å². The lowest BCUT2D eigenvalue weighted by Gasteiger charge is -2.23. The second-order valence-electron chi connectivity index (χ2n) is 7.77. The molecule has 5 heteroatoms. The quantitative estimate of drug-likeness (QED) is 0.889. The summed E-state index contributed by atoms with van der Waals surface area (Å²) in [6, 6.07) is 13.2. The molecule has 0 atom stereocenters. The molecule has 0 spiro atoms. The first-order chi connectivity index (χ1) is 12.3. The fourth-order valence-electron chi connectivity index (χ4n) is 2.63. The van der Waals surface area contributed by atoms with Gasteiger partial charge in [0.1, 0.15) is 0 Å². The van der Waals surface area contributed by atoms with Crippen LogP contribution in [0.3, 0.4) is 0 Å². The summed E-state index contributed by atoms with van der Waals surface area (Å²) in [6.45, 7) is 6.08. The van der Waals surface area contributed by atoms with Crippen LogP contribution in [0, 0.1) is 5.41 Å². The highest BCUT2D eigenvalue weighted by Gasteiger charge is 2.33. The molecule has 26 heavy (non-hydrogen) atoms. The number of benzene rings is 1. The lowest BCUT2D eigenvalue weighted by atomic mass is 9.95. The fourth-order valence-corrected chi connectivity index (χ4v) is 2.63. The lowest BCUT2D eigenvalue weighted by molar-refractivity contribution is -0.123. The third kappa shape index (κ3) is 4.48. The number of hydrogen-bond donors (Lipinski definition) is 1. The van der Waals surface area contributed by atoms with E-state index in [0.717, 1.165) is 18.5 Å². The summed E-state index contributed by atoms with van der Waals surface area (Å²) in [4.78, 5) is 31.5. The number of anilines is 1. The molecule has 0 unspecified atom stereocenters. The Labute approximate surface area is 154 Å². The number of carbonyl (C=O) groups excluding carboxylic acids is 2. The van der Waals surface area contributed by atoms with Crippen LogP contribution in [0.15, 0.2) is 48.7 Å². The summed E-state index contributed by atoms with van der Waals surface area (Å²) < 4.78 is 0. The zero-order chi connectivity index (χ0) is 18.7. The van der Waals surface area contributed by atoms with E-state index in [-0.39, 0.29) is 17.9 Å². The lowest BCUT2D eigenvalue weighted by Crippen LogP contribution is -2.33. The van der Waals surface area contributed by atoms with E-state index in [9.17, 15) is 9.59 Å². The van der Waals surface area contributed by atoms with Gasteiger partial charge in [-0.05, 0) is 43.2 Å². The molecule has 1 saturated carbocycles. The van der Waals surface area contributed by atoms with Gasteiger partial charge in [0, 0.05) is 28.9 Å². The number of nitrogens with one attached hydrogen (secondary N) is 1. The molecule has 2 aromatic rings. The molecule has 3 rings (SSSR count). The average molecular weight is 351 g/mol. The third-order valence-electron chi connectivity index (χ3n) is 4.36. The first-order valence-electron chi connectivity index (χ1n) is 8.97. The Hall–Kier alpha value is -2.69. The van der Waals surface area contributed by atoms with Crippen molar-refractivity contribution >= 4 is 17.5 Å². The van der Waals surface area contributed by atoms with Crippen LogP contribution < -0.4 is 5.32 Å². The van der Waals surface area contributed by atoms with E-state index >= 15 is 0 Å². The summed E-state index contributed by atoms with van der Waals surface area (Å²) in [6.07, 6.45) is 3.80. The SMILES string of the molecule is CC(C)(C)C(=O)Nc1cccc(C(=O)N(Cc2ccccn2)C2CC2)c1. The van der Waals surface area contributed by atoms with Crippen LogP contribution in [0.4, 0.5) is 5.69 Å². The zero-order valence-electron chi connectivity index (χ0n) is 15.5. The van der Waals surface area contributed by atoms with Crippen molar-refractivity contribution in [3.8, 4) is 0 Å². The highest BCUT2D eigenvalue weighted by atomic mass is 16.2. The van der Waals surface area contributed by atoms with Gasteiger partial charge in [-0.15, -0.1) is 0 Å². The molecule has 0 bridgehead atoms. The summed E-state index contributed by atoms with van der Waals surface area (Å²) in [5.41, 5.74) is 1.62. The molecule has 1 N–H and O–H groups in total. The number of amides is 2. The van der Waals surface area contributed by atoms with Crippen LogP contribution in [-0.2, 0) is 11.3 Å². The van der Waals surface area contributed by atoms with Gasteiger partial charge in [0.25, 0.3) is 5.91 Å². The average Bonchev–Trinajstić information content (AvgIpc) is 3.44. The normalized spacial score (nSPS) is 14.0. The molecule has 1 aromatic carbocycles. The highest BCUT2D eigenvalue weighted by Crippen LogP contribution is 2.30. The van der Waals surface area contributed by atoms with Gasteiger partial charge in [-0.3, -0.25) is 14.6 Å². The van der Waals surface area contributed by atoms with Crippen molar-refractivity contribution in [2.75, 3.05) is 5.32 Å². The summed E-state index contributed by atoms with van der Waals surface area (Å²) >= 11 is 0. The highest BCUT2D eigenvalue weighted by molar-refractivity contribution is 5.98. The van der Waals surface area contributed by atoms with Crippen molar-refractivity contribution in [3.63, 3.8) is 0 Å². The van der Waals surface area contributed by atoms with Crippen molar-refractivity contribution in [1.29, 1.82) is 0 Å². The molecule has 0 radical (unpaired) electrons. The topological polar surface area (TPSA) is 62.3 Å². The molecule has 2 amide bonds. The van der Waals surface area contributed by atoms with E-state index in [1.807, 2.05) is 43.9 Å². The number of aromatic nitrogens is 1. The first kappa shape index (κ1) is 18.1. The van der Waals surface area contributed by atoms with Gasteiger partial charge in [0.2, 0.25) is 5.91 Å². The molecule has 0 saturated heterocycles. The molecule has 1 aliphatic carbocycles. The molecule has 5 nitrogen and oxygen atoms in total. The Morgan fingerprint density at radius 2 is 1.92 bits per heavy atom.